The van der Waals surface area contributed by atoms with Crippen LogP contribution in [0.15, 0.2) is 84.9 Å². The molecule has 0 aliphatic heterocycles. The van der Waals surface area contributed by atoms with Gasteiger partial charge < -0.3 is 15.0 Å². The fourth-order valence-electron chi connectivity index (χ4n) is 3.62. The molecule has 6 nitrogen and oxygen atoms in total. The average molecular weight is 449 g/mol. The third kappa shape index (κ3) is 4.57. The highest BCUT2D eigenvalue weighted by atomic mass is 19.4. The Morgan fingerprint density at radius 1 is 1.03 bits per heavy atom. The number of benzene rings is 2. The van der Waals surface area contributed by atoms with Crippen molar-refractivity contribution in [2.75, 3.05) is 5.32 Å². The Balaban J connectivity index is 1.33. The van der Waals surface area contributed by atoms with Crippen LogP contribution in [0, 0.1) is 0 Å². The van der Waals surface area contributed by atoms with Crippen LogP contribution in [0.25, 0.3) is 10.8 Å². The van der Waals surface area contributed by atoms with Gasteiger partial charge in [-0.15, -0.1) is 10.2 Å². The van der Waals surface area contributed by atoms with Crippen LogP contribution in [0.1, 0.15) is 23.7 Å². The minimum absolute atomic E-state index is 0.127. The lowest BCUT2D eigenvalue weighted by Gasteiger charge is -2.16. The van der Waals surface area contributed by atoms with E-state index < -0.39 is 11.7 Å². The van der Waals surface area contributed by atoms with Gasteiger partial charge in [-0.2, -0.15) is 13.2 Å². The first-order valence-electron chi connectivity index (χ1n) is 10.2. The topological polar surface area (TPSA) is 75.7 Å². The smallest absolute Gasteiger partial charge is 0.416 e. The lowest BCUT2D eigenvalue weighted by molar-refractivity contribution is -0.137. The number of ether oxygens (including phenoxy) is 1. The number of halogens is 3. The van der Waals surface area contributed by atoms with Gasteiger partial charge in [-0.3, -0.25) is 4.98 Å². The number of anilines is 2. The number of alkyl halides is 3. The number of nitrogens with zero attached hydrogens (tertiary/aromatic N) is 3. The molecule has 0 spiro atoms. The van der Waals surface area contributed by atoms with E-state index in [-0.39, 0.29) is 17.6 Å². The van der Waals surface area contributed by atoms with Crippen LogP contribution in [-0.2, 0) is 6.18 Å². The van der Waals surface area contributed by atoms with Crippen LogP contribution in [0.4, 0.5) is 24.8 Å². The van der Waals surface area contributed by atoms with Gasteiger partial charge in [0.05, 0.1) is 11.8 Å². The maximum absolute atomic E-state index is 12.9. The fourth-order valence-corrected chi connectivity index (χ4v) is 3.62. The minimum atomic E-state index is -4.42. The molecular weight excluding hydrogens is 431 g/mol. The summed E-state index contributed by atoms with van der Waals surface area (Å²) in [6.45, 7) is 0. The standard InChI is InChI=1S/C24H18F3N5O/c25-24(26,27)17-7-4-8-18(12-17)29-23-30-22(31-32-23)15-6-3-9-19(11-15)33-21-14-28-13-16-5-1-2-10-20(16)21/h1-5,7-15H,6H2,(H2,29,30,31,32). The first kappa shape index (κ1) is 20.7. The molecule has 0 saturated carbocycles. The second-order valence-corrected chi connectivity index (χ2v) is 7.54. The lowest BCUT2D eigenvalue weighted by atomic mass is 9.99. The van der Waals surface area contributed by atoms with Crippen molar-refractivity contribution in [3.63, 3.8) is 0 Å². The maximum Gasteiger partial charge on any atom is 0.416 e. The van der Waals surface area contributed by atoms with Crippen molar-refractivity contribution >= 4 is 22.4 Å². The number of aromatic nitrogens is 4. The summed E-state index contributed by atoms with van der Waals surface area (Å²) in [5.41, 5.74) is -0.476. The molecule has 2 N–H and O–H groups in total. The number of H-pyrrole nitrogens is 1. The van der Waals surface area contributed by atoms with Gasteiger partial charge in [0.2, 0.25) is 5.95 Å². The molecule has 1 aliphatic rings. The molecule has 0 bridgehead atoms. The van der Waals surface area contributed by atoms with Gasteiger partial charge in [0.1, 0.15) is 11.6 Å². The Bertz CT molecular complexity index is 1350. The molecule has 1 atom stereocenters. The summed E-state index contributed by atoms with van der Waals surface area (Å²) >= 11 is 0. The Morgan fingerprint density at radius 2 is 1.91 bits per heavy atom. The van der Waals surface area contributed by atoms with Crippen LogP contribution in [-0.4, -0.2) is 20.2 Å². The first-order valence-corrected chi connectivity index (χ1v) is 10.2. The lowest BCUT2D eigenvalue weighted by Crippen LogP contribution is -2.06. The molecule has 2 aromatic carbocycles. The van der Waals surface area contributed by atoms with E-state index in [1.165, 1.54) is 12.1 Å². The predicted octanol–water partition coefficient (Wildman–Crippen LogP) is 6.12. The summed E-state index contributed by atoms with van der Waals surface area (Å²) in [5.74, 6) is 2.00. The molecule has 2 aromatic heterocycles. The van der Waals surface area contributed by atoms with Crippen molar-refractivity contribution in [3.8, 4) is 5.75 Å². The van der Waals surface area contributed by atoms with Gasteiger partial charge in [-0.1, -0.05) is 36.4 Å². The van der Waals surface area contributed by atoms with Crippen LogP contribution in [0.2, 0.25) is 0 Å². The Morgan fingerprint density at radius 3 is 2.79 bits per heavy atom. The van der Waals surface area contributed by atoms with E-state index in [0.29, 0.717) is 23.8 Å². The van der Waals surface area contributed by atoms with E-state index in [1.807, 2.05) is 42.5 Å². The molecule has 0 saturated heterocycles. The first-order chi connectivity index (χ1) is 16.0. The van der Waals surface area contributed by atoms with Crippen molar-refractivity contribution in [2.45, 2.75) is 18.5 Å². The summed E-state index contributed by atoms with van der Waals surface area (Å²) in [5, 5.41) is 13.0. The largest absolute Gasteiger partial charge is 0.455 e. The van der Waals surface area contributed by atoms with Crippen molar-refractivity contribution in [3.05, 3.63) is 96.3 Å². The van der Waals surface area contributed by atoms with Crippen LogP contribution in [0.3, 0.4) is 0 Å². The van der Waals surface area contributed by atoms with Gasteiger partial charge >= 0.3 is 6.18 Å². The highest BCUT2D eigenvalue weighted by Gasteiger charge is 2.30. The maximum atomic E-state index is 12.9. The number of pyridine rings is 1. The van der Waals surface area contributed by atoms with Gasteiger partial charge in [-0.25, -0.2) is 0 Å². The van der Waals surface area contributed by atoms with E-state index >= 15 is 0 Å². The zero-order valence-electron chi connectivity index (χ0n) is 17.2. The van der Waals surface area contributed by atoms with Crippen molar-refractivity contribution in [2.24, 2.45) is 0 Å². The summed E-state index contributed by atoms with van der Waals surface area (Å²) in [6, 6.07) is 12.7. The van der Waals surface area contributed by atoms with Crippen molar-refractivity contribution in [1.82, 2.24) is 20.2 Å². The minimum Gasteiger partial charge on any atom is -0.455 e. The highest BCUT2D eigenvalue weighted by molar-refractivity contribution is 5.87. The quantitative estimate of drug-likeness (QED) is 0.384. The number of hydrogen-bond acceptors (Lipinski definition) is 5. The monoisotopic (exact) mass is 449 g/mol. The third-order valence-corrected chi connectivity index (χ3v) is 5.21. The van der Waals surface area contributed by atoms with Crippen LogP contribution in [0.5, 0.6) is 5.75 Å². The molecule has 33 heavy (non-hydrogen) atoms. The molecular formula is C24H18F3N5O. The fraction of sp³-hybridized carbons (Fsp3) is 0.125. The molecule has 166 valence electrons. The Hall–Kier alpha value is -4.14. The summed E-state index contributed by atoms with van der Waals surface area (Å²) in [6.07, 6.45) is 5.50. The average Bonchev–Trinajstić information content (AvgIpc) is 3.28. The summed E-state index contributed by atoms with van der Waals surface area (Å²) in [4.78, 5) is 7.28. The number of nitrogens with one attached hydrogen (secondary N) is 2. The van der Waals surface area contributed by atoms with Crippen molar-refractivity contribution in [1.29, 1.82) is 0 Å². The third-order valence-electron chi connectivity index (χ3n) is 5.21. The molecule has 1 aliphatic carbocycles. The molecule has 4 aromatic rings. The van der Waals surface area contributed by atoms with E-state index in [1.54, 1.807) is 12.4 Å². The number of allylic oxidation sites excluding steroid dienone is 3. The Kier molecular flexibility index (Phi) is 5.29. The second-order valence-electron chi connectivity index (χ2n) is 7.54. The van der Waals surface area contributed by atoms with Crippen LogP contribution >= 0.6 is 0 Å². The molecule has 2 heterocycles. The molecule has 1 unspecified atom stereocenters. The van der Waals surface area contributed by atoms with Gasteiger partial charge in [-0.05, 0) is 36.8 Å². The highest BCUT2D eigenvalue weighted by Crippen LogP contribution is 2.32. The van der Waals surface area contributed by atoms with E-state index in [9.17, 15) is 13.2 Å². The van der Waals surface area contributed by atoms with E-state index in [4.69, 9.17) is 4.74 Å². The predicted molar refractivity (Wildman–Crippen MR) is 118 cm³/mol. The number of aromatic amines is 1. The summed E-state index contributed by atoms with van der Waals surface area (Å²) in [7, 11) is 0. The van der Waals surface area contributed by atoms with Crippen molar-refractivity contribution < 1.29 is 17.9 Å². The molecule has 0 amide bonds. The Labute approximate surface area is 186 Å². The number of rotatable bonds is 5. The number of hydrogen-bond donors (Lipinski definition) is 2. The SMILES string of the molecule is FC(F)(F)c1cccc(Nc2nnc(C3C=C(Oc4cncc5ccccc45)C=CC3)[nH]2)c1. The zero-order chi connectivity index (χ0) is 22.8. The van der Waals surface area contributed by atoms with Crippen LogP contribution < -0.4 is 10.1 Å². The van der Waals surface area contributed by atoms with Gasteiger partial charge in [0.15, 0.2) is 5.75 Å². The molecule has 5 rings (SSSR count). The molecule has 0 fully saturated rings. The zero-order valence-corrected chi connectivity index (χ0v) is 17.2. The van der Waals surface area contributed by atoms with Gasteiger partial charge in [0, 0.05) is 28.6 Å². The molecule has 9 heteroatoms. The van der Waals surface area contributed by atoms with Gasteiger partial charge in [0.25, 0.3) is 0 Å². The number of fused-ring (bicyclic) bond motifs is 1. The second kappa shape index (κ2) is 8.42. The molecule has 0 radical (unpaired) electrons. The van der Waals surface area contributed by atoms with E-state index in [2.05, 4.69) is 25.5 Å². The van der Waals surface area contributed by atoms with E-state index in [0.717, 1.165) is 22.9 Å². The summed E-state index contributed by atoms with van der Waals surface area (Å²) < 4.78 is 44.9. The normalized spacial score (nSPS) is 16.0.